The fourth-order valence-corrected chi connectivity index (χ4v) is 1.75. The Labute approximate surface area is 78.2 Å². The molecule has 1 aromatic heterocycles. The third kappa shape index (κ3) is 2.00. The van der Waals surface area contributed by atoms with Gasteiger partial charge in [-0.25, -0.2) is 0 Å². The Balaban J connectivity index is 1.93. The predicted octanol–water partition coefficient (Wildman–Crippen LogP) is 2.04. The molecule has 0 radical (unpaired) electrons. The number of nitrogens with zero attached hydrogens (tertiary/aromatic N) is 1. The van der Waals surface area contributed by atoms with Crippen molar-refractivity contribution in [2.75, 3.05) is 0 Å². The van der Waals surface area contributed by atoms with E-state index in [9.17, 15) is 4.79 Å². The van der Waals surface area contributed by atoms with Gasteiger partial charge in [-0.1, -0.05) is 25.3 Å². The Morgan fingerprint density at radius 1 is 1.38 bits per heavy atom. The highest BCUT2D eigenvalue weighted by Gasteiger charge is 2.16. The van der Waals surface area contributed by atoms with Crippen LogP contribution in [0.1, 0.15) is 25.7 Å². The van der Waals surface area contributed by atoms with Gasteiger partial charge in [-0.05, 0) is 18.4 Å². The van der Waals surface area contributed by atoms with E-state index in [2.05, 4.69) is 0 Å². The standard InChI is InChI=1S/C11H15NO/c13-11-6-1-2-8-12(11)9-7-10-4-3-5-10/h1-2,6,8,10H,3-5,7,9H2. The summed E-state index contributed by atoms with van der Waals surface area (Å²) in [6, 6.07) is 5.34. The van der Waals surface area contributed by atoms with Crippen LogP contribution in [-0.2, 0) is 6.54 Å². The molecule has 1 heterocycles. The van der Waals surface area contributed by atoms with E-state index in [4.69, 9.17) is 0 Å². The predicted molar refractivity (Wildman–Crippen MR) is 52.7 cm³/mol. The molecule has 1 aliphatic rings. The van der Waals surface area contributed by atoms with Gasteiger partial charge in [0, 0.05) is 18.8 Å². The molecule has 1 saturated carbocycles. The Morgan fingerprint density at radius 2 is 2.23 bits per heavy atom. The van der Waals surface area contributed by atoms with Crippen LogP contribution < -0.4 is 5.56 Å². The van der Waals surface area contributed by atoms with E-state index in [1.165, 1.54) is 25.7 Å². The fourth-order valence-electron chi connectivity index (χ4n) is 1.75. The molecule has 0 spiro atoms. The van der Waals surface area contributed by atoms with Gasteiger partial charge in [-0.3, -0.25) is 4.79 Å². The van der Waals surface area contributed by atoms with E-state index in [0.29, 0.717) is 0 Å². The van der Waals surface area contributed by atoms with Crippen LogP contribution in [0.15, 0.2) is 29.2 Å². The first-order chi connectivity index (χ1) is 6.36. The summed E-state index contributed by atoms with van der Waals surface area (Å²) in [6.07, 6.45) is 7.16. The number of hydrogen-bond donors (Lipinski definition) is 0. The highest BCUT2D eigenvalue weighted by Crippen LogP contribution is 2.29. The number of pyridine rings is 1. The lowest BCUT2D eigenvalue weighted by atomic mass is 9.83. The molecule has 1 aromatic rings. The molecule has 2 rings (SSSR count). The number of hydrogen-bond acceptors (Lipinski definition) is 1. The van der Waals surface area contributed by atoms with Gasteiger partial charge in [0.1, 0.15) is 0 Å². The summed E-state index contributed by atoms with van der Waals surface area (Å²) in [7, 11) is 0. The van der Waals surface area contributed by atoms with Crippen molar-refractivity contribution in [3.63, 3.8) is 0 Å². The number of aromatic nitrogens is 1. The second-order valence-corrected chi connectivity index (χ2v) is 3.82. The van der Waals surface area contributed by atoms with Crippen molar-refractivity contribution in [1.82, 2.24) is 4.57 Å². The molecular weight excluding hydrogens is 162 g/mol. The van der Waals surface area contributed by atoms with Gasteiger partial charge in [-0.2, -0.15) is 0 Å². The van der Waals surface area contributed by atoms with Crippen molar-refractivity contribution in [3.8, 4) is 0 Å². The van der Waals surface area contributed by atoms with Crippen LogP contribution >= 0.6 is 0 Å². The van der Waals surface area contributed by atoms with Gasteiger partial charge in [0.15, 0.2) is 0 Å². The van der Waals surface area contributed by atoms with Gasteiger partial charge < -0.3 is 4.57 Å². The van der Waals surface area contributed by atoms with Crippen molar-refractivity contribution in [2.24, 2.45) is 5.92 Å². The summed E-state index contributed by atoms with van der Waals surface area (Å²) in [5.41, 5.74) is 0.127. The quantitative estimate of drug-likeness (QED) is 0.692. The molecule has 1 aliphatic carbocycles. The van der Waals surface area contributed by atoms with E-state index >= 15 is 0 Å². The maximum Gasteiger partial charge on any atom is 0.250 e. The monoisotopic (exact) mass is 177 g/mol. The minimum Gasteiger partial charge on any atom is -0.316 e. The fraction of sp³-hybridized carbons (Fsp3) is 0.545. The number of aryl methyl sites for hydroxylation is 1. The topological polar surface area (TPSA) is 22.0 Å². The Hall–Kier alpha value is -1.05. The molecule has 0 aromatic carbocycles. The van der Waals surface area contributed by atoms with Crippen molar-refractivity contribution >= 4 is 0 Å². The van der Waals surface area contributed by atoms with Crippen LogP contribution in [0, 0.1) is 5.92 Å². The van der Waals surface area contributed by atoms with Crippen LogP contribution in [0.4, 0.5) is 0 Å². The summed E-state index contributed by atoms with van der Waals surface area (Å²) in [5.74, 6) is 0.882. The molecule has 1 fully saturated rings. The lowest BCUT2D eigenvalue weighted by Gasteiger charge is -2.25. The van der Waals surface area contributed by atoms with Gasteiger partial charge in [-0.15, -0.1) is 0 Å². The highest BCUT2D eigenvalue weighted by molar-refractivity contribution is 4.93. The third-order valence-electron chi connectivity index (χ3n) is 2.90. The first-order valence-electron chi connectivity index (χ1n) is 5.02. The molecule has 2 nitrogen and oxygen atoms in total. The second kappa shape index (κ2) is 3.77. The first-order valence-corrected chi connectivity index (χ1v) is 5.02. The Morgan fingerprint density at radius 3 is 2.85 bits per heavy atom. The van der Waals surface area contributed by atoms with Gasteiger partial charge in [0.25, 0.3) is 0 Å². The van der Waals surface area contributed by atoms with E-state index in [0.717, 1.165) is 12.5 Å². The normalized spacial score (nSPS) is 16.9. The van der Waals surface area contributed by atoms with Gasteiger partial charge >= 0.3 is 0 Å². The zero-order chi connectivity index (χ0) is 9.10. The van der Waals surface area contributed by atoms with Crippen molar-refractivity contribution in [3.05, 3.63) is 34.7 Å². The van der Waals surface area contributed by atoms with E-state index in [1.807, 2.05) is 12.3 Å². The molecule has 0 atom stereocenters. The molecule has 0 unspecified atom stereocenters. The zero-order valence-corrected chi connectivity index (χ0v) is 7.78. The summed E-state index contributed by atoms with van der Waals surface area (Å²) >= 11 is 0. The highest BCUT2D eigenvalue weighted by atomic mass is 16.1. The largest absolute Gasteiger partial charge is 0.316 e. The first kappa shape index (κ1) is 8.54. The van der Waals surface area contributed by atoms with Crippen LogP contribution in [0.3, 0.4) is 0 Å². The van der Waals surface area contributed by atoms with E-state index in [-0.39, 0.29) is 5.56 Å². The van der Waals surface area contributed by atoms with Crippen LogP contribution in [0.2, 0.25) is 0 Å². The third-order valence-corrected chi connectivity index (χ3v) is 2.90. The van der Waals surface area contributed by atoms with Gasteiger partial charge in [0.05, 0.1) is 0 Å². The molecule has 13 heavy (non-hydrogen) atoms. The van der Waals surface area contributed by atoms with Gasteiger partial charge in [0.2, 0.25) is 5.56 Å². The van der Waals surface area contributed by atoms with Crippen LogP contribution in [0.25, 0.3) is 0 Å². The molecule has 0 bridgehead atoms. The van der Waals surface area contributed by atoms with E-state index in [1.54, 1.807) is 16.7 Å². The molecular formula is C11H15NO. The van der Waals surface area contributed by atoms with E-state index < -0.39 is 0 Å². The smallest absolute Gasteiger partial charge is 0.250 e. The summed E-state index contributed by atoms with van der Waals surface area (Å²) in [6.45, 7) is 0.893. The van der Waals surface area contributed by atoms with Crippen LogP contribution in [0.5, 0.6) is 0 Å². The molecule has 2 heteroatoms. The SMILES string of the molecule is O=c1ccccn1CCC1CCC1. The average molecular weight is 177 g/mol. The molecule has 0 saturated heterocycles. The molecule has 0 aliphatic heterocycles. The Bertz CT molecular complexity index is 325. The molecule has 0 amide bonds. The minimum atomic E-state index is 0.127. The lowest BCUT2D eigenvalue weighted by Crippen LogP contribution is -2.21. The molecule has 70 valence electrons. The van der Waals surface area contributed by atoms with Crippen molar-refractivity contribution in [1.29, 1.82) is 0 Å². The number of rotatable bonds is 3. The summed E-state index contributed by atoms with van der Waals surface area (Å²) in [5, 5.41) is 0. The van der Waals surface area contributed by atoms with Crippen molar-refractivity contribution < 1.29 is 0 Å². The lowest BCUT2D eigenvalue weighted by molar-refractivity contribution is 0.281. The van der Waals surface area contributed by atoms with Crippen LogP contribution in [-0.4, -0.2) is 4.57 Å². The minimum absolute atomic E-state index is 0.127. The van der Waals surface area contributed by atoms with Crippen molar-refractivity contribution in [2.45, 2.75) is 32.2 Å². The summed E-state index contributed by atoms with van der Waals surface area (Å²) < 4.78 is 1.80. The maximum atomic E-state index is 11.3. The zero-order valence-electron chi connectivity index (χ0n) is 7.78. The Kier molecular flexibility index (Phi) is 2.48. The second-order valence-electron chi connectivity index (χ2n) is 3.82. The molecule has 0 N–H and O–H groups in total. The maximum absolute atomic E-state index is 11.3. The summed E-state index contributed by atoms with van der Waals surface area (Å²) in [4.78, 5) is 11.3. The average Bonchev–Trinajstić information content (AvgIpc) is 2.05.